The Kier molecular flexibility index (Phi) is 6.58. The monoisotopic (exact) mass is 435 g/mol. The van der Waals surface area contributed by atoms with Crippen molar-refractivity contribution in [2.45, 2.75) is 20.4 Å². The zero-order valence-electron chi connectivity index (χ0n) is 18.8. The van der Waals surface area contributed by atoms with Gasteiger partial charge in [-0.3, -0.25) is 14.6 Å². The molecule has 32 heavy (non-hydrogen) atoms. The van der Waals surface area contributed by atoms with E-state index in [1.165, 1.54) is 0 Å². The molecule has 0 unspecified atom stereocenters. The van der Waals surface area contributed by atoms with Crippen LogP contribution >= 0.6 is 0 Å². The Hall–Kier alpha value is -3.16. The molecule has 0 aliphatic carbocycles. The minimum Gasteiger partial charge on any atom is -0.495 e. The van der Waals surface area contributed by atoms with Crippen molar-refractivity contribution >= 4 is 22.6 Å². The molecule has 2 heterocycles. The first-order valence-electron chi connectivity index (χ1n) is 10.8. The van der Waals surface area contributed by atoms with Crippen LogP contribution in [0.25, 0.3) is 11.0 Å². The number of carbonyl (C=O) groups is 1. The summed E-state index contributed by atoms with van der Waals surface area (Å²) >= 11 is 0. The number of aryl methyl sites for hydroxylation is 2. The molecule has 1 amide bonds. The molecule has 1 N–H and O–H groups in total. The minimum absolute atomic E-state index is 0.0515. The van der Waals surface area contributed by atoms with Crippen LogP contribution in [0.1, 0.15) is 16.7 Å². The van der Waals surface area contributed by atoms with E-state index in [-0.39, 0.29) is 11.5 Å². The zero-order valence-corrected chi connectivity index (χ0v) is 18.8. The molecule has 168 valence electrons. The molecule has 4 rings (SSSR count). The third-order valence-electron chi connectivity index (χ3n) is 5.84. The third kappa shape index (κ3) is 5.18. The summed E-state index contributed by atoms with van der Waals surface area (Å²) in [5.74, 6) is 0.605. The number of hydrogen-bond donors (Lipinski definition) is 1. The summed E-state index contributed by atoms with van der Waals surface area (Å²) in [6.07, 6.45) is 0. The smallest absolute Gasteiger partial charge is 0.336 e. The summed E-state index contributed by atoms with van der Waals surface area (Å²) in [5.41, 5.74) is 4.12. The zero-order chi connectivity index (χ0) is 22.7. The first kappa shape index (κ1) is 22.0. The van der Waals surface area contributed by atoms with Gasteiger partial charge in [-0.1, -0.05) is 18.2 Å². The van der Waals surface area contributed by atoms with Gasteiger partial charge in [-0.2, -0.15) is 0 Å². The maximum absolute atomic E-state index is 12.6. The fourth-order valence-corrected chi connectivity index (χ4v) is 4.13. The lowest BCUT2D eigenvalue weighted by Crippen LogP contribution is -2.48. The molecular weight excluding hydrogens is 406 g/mol. The SMILES string of the molecule is COc1ccc(C)cc1NC(=O)CN1CCN(Cc2cc(=O)oc3cc(C)ccc23)CC1. The number of piperazine rings is 1. The van der Waals surface area contributed by atoms with E-state index in [1.807, 2.05) is 50.2 Å². The first-order chi connectivity index (χ1) is 15.4. The van der Waals surface area contributed by atoms with Gasteiger partial charge in [0, 0.05) is 44.2 Å². The number of benzene rings is 2. The lowest BCUT2D eigenvalue weighted by molar-refractivity contribution is -0.117. The number of carbonyl (C=O) groups excluding carboxylic acids is 1. The van der Waals surface area contributed by atoms with Crippen molar-refractivity contribution in [1.29, 1.82) is 0 Å². The van der Waals surface area contributed by atoms with Crippen LogP contribution in [0.3, 0.4) is 0 Å². The quantitative estimate of drug-likeness (QED) is 0.600. The summed E-state index contributed by atoms with van der Waals surface area (Å²) in [6, 6.07) is 13.3. The molecule has 1 fully saturated rings. The first-order valence-corrected chi connectivity index (χ1v) is 10.8. The van der Waals surface area contributed by atoms with Crippen LogP contribution < -0.4 is 15.7 Å². The van der Waals surface area contributed by atoms with Gasteiger partial charge in [-0.15, -0.1) is 0 Å². The van der Waals surface area contributed by atoms with Crippen molar-refractivity contribution in [3.05, 3.63) is 69.6 Å². The van der Waals surface area contributed by atoms with E-state index >= 15 is 0 Å². The molecule has 3 aromatic rings. The largest absolute Gasteiger partial charge is 0.495 e. The lowest BCUT2D eigenvalue weighted by Gasteiger charge is -2.34. The molecule has 0 spiro atoms. The number of rotatable bonds is 6. The second-order valence-electron chi connectivity index (χ2n) is 8.39. The number of anilines is 1. The second kappa shape index (κ2) is 9.54. The van der Waals surface area contributed by atoms with Gasteiger partial charge in [0.25, 0.3) is 0 Å². The van der Waals surface area contributed by atoms with Crippen molar-refractivity contribution in [1.82, 2.24) is 9.80 Å². The average molecular weight is 436 g/mol. The number of fused-ring (bicyclic) bond motifs is 1. The van der Waals surface area contributed by atoms with Crippen molar-refractivity contribution in [3.63, 3.8) is 0 Å². The normalized spacial score (nSPS) is 15.1. The van der Waals surface area contributed by atoms with Crippen molar-refractivity contribution in [3.8, 4) is 5.75 Å². The Balaban J connectivity index is 1.34. The summed E-state index contributed by atoms with van der Waals surface area (Å²) in [6.45, 7) is 8.22. The molecule has 1 aromatic heterocycles. The fourth-order valence-electron chi connectivity index (χ4n) is 4.13. The summed E-state index contributed by atoms with van der Waals surface area (Å²) in [7, 11) is 1.60. The molecule has 7 heteroatoms. The topological polar surface area (TPSA) is 75.0 Å². The minimum atomic E-state index is -0.319. The highest BCUT2D eigenvalue weighted by atomic mass is 16.5. The van der Waals surface area contributed by atoms with E-state index in [0.29, 0.717) is 30.1 Å². The van der Waals surface area contributed by atoms with E-state index < -0.39 is 0 Å². The van der Waals surface area contributed by atoms with Gasteiger partial charge in [0.15, 0.2) is 0 Å². The predicted molar refractivity (Wildman–Crippen MR) is 125 cm³/mol. The number of amides is 1. The van der Waals surface area contributed by atoms with Crippen LogP contribution in [0, 0.1) is 13.8 Å². The number of nitrogens with zero attached hydrogens (tertiary/aromatic N) is 2. The van der Waals surface area contributed by atoms with E-state index in [2.05, 4.69) is 15.1 Å². The Morgan fingerprint density at radius 1 is 1.00 bits per heavy atom. The van der Waals surface area contributed by atoms with Crippen LogP contribution in [-0.4, -0.2) is 55.5 Å². The van der Waals surface area contributed by atoms with Gasteiger partial charge in [0.1, 0.15) is 11.3 Å². The fraction of sp³-hybridized carbons (Fsp3) is 0.360. The standard InChI is InChI=1S/C25H29N3O4/c1-17-5-7-22(31-3)21(12-17)26-24(29)16-28-10-8-27(9-11-28)15-19-14-25(30)32-23-13-18(2)4-6-20(19)23/h4-7,12-14H,8-11,15-16H2,1-3H3,(H,26,29). The number of hydrogen-bond acceptors (Lipinski definition) is 6. The van der Waals surface area contributed by atoms with E-state index in [1.54, 1.807) is 13.2 Å². The van der Waals surface area contributed by atoms with Crippen LogP contribution in [-0.2, 0) is 11.3 Å². The van der Waals surface area contributed by atoms with Gasteiger partial charge >= 0.3 is 5.63 Å². The third-order valence-corrected chi connectivity index (χ3v) is 5.84. The van der Waals surface area contributed by atoms with Crippen LogP contribution in [0.4, 0.5) is 5.69 Å². The molecule has 0 atom stereocenters. The molecule has 0 bridgehead atoms. The molecule has 0 saturated carbocycles. The lowest BCUT2D eigenvalue weighted by atomic mass is 10.1. The number of ether oxygens (including phenoxy) is 1. The van der Waals surface area contributed by atoms with E-state index in [0.717, 1.165) is 48.3 Å². The summed E-state index contributed by atoms with van der Waals surface area (Å²) < 4.78 is 10.7. The highest BCUT2D eigenvalue weighted by molar-refractivity contribution is 5.93. The van der Waals surface area contributed by atoms with Crippen LogP contribution in [0.2, 0.25) is 0 Å². The highest BCUT2D eigenvalue weighted by Gasteiger charge is 2.20. The predicted octanol–water partition coefficient (Wildman–Crippen LogP) is 3.17. The van der Waals surface area contributed by atoms with Gasteiger partial charge in [-0.25, -0.2) is 4.79 Å². The second-order valence-corrected chi connectivity index (χ2v) is 8.39. The number of methoxy groups -OCH3 is 1. The highest BCUT2D eigenvalue weighted by Crippen LogP contribution is 2.25. The molecule has 0 radical (unpaired) electrons. The maximum Gasteiger partial charge on any atom is 0.336 e. The molecule has 1 aliphatic rings. The summed E-state index contributed by atoms with van der Waals surface area (Å²) in [5, 5.41) is 3.94. The van der Waals surface area contributed by atoms with Crippen molar-refractivity contribution in [2.24, 2.45) is 0 Å². The van der Waals surface area contributed by atoms with Crippen molar-refractivity contribution < 1.29 is 13.9 Å². The molecular formula is C25H29N3O4. The van der Waals surface area contributed by atoms with Gasteiger partial charge < -0.3 is 14.5 Å². The van der Waals surface area contributed by atoms with E-state index in [9.17, 15) is 9.59 Å². The van der Waals surface area contributed by atoms with Gasteiger partial charge in [0.2, 0.25) is 5.91 Å². The van der Waals surface area contributed by atoms with Gasteiger partial charge in [-0.05, 0) is 48.7 Å². The van der Waals surface area contributed by atoms with E-state index in [4.69, 9.17) is 9.15 Å². The Morgan fingerprint density at radius 3 is 2.44 bits per heavy atom. The molecule has 7 nitrogen and oxygen atoms in total. The summed E-state index contributed by atoms with van der Waals surface area (Å²) in [4.78, 5) is 29.0. The van der Waals surface area contributed by atoms with Crippen LogP contribution in [0.15, 0.2) is 51.7 Å². The average Bonchev–Trinajstić information content (AvgIpc) is 2.75. The van der Waals surface area contributed by atoms with Crippen molar-refractivity contribution in [2.75, 3.05) is 45.2 Å². The Labute approximate surface area is 187 Å². The molecule has 2 aromatic carbocycles. The Morgan fingerprint density at radius 2 is 1.69 bits per heavy atom. The maximum atomic E-state index is 12.6. The van der Waals surface area contributed by atoms with Gasteiger partial charge in [0.05, 0.1) is 19.3 Å². The number of nitrogens with one attached hydrogen (secondary N) is 1. The molecule has 1 saturated heterocycles. The van der Waals surface area contributed by atoms with Crippen LogP contribution in [0.5, 0.6) is 5.75 Å². The Bertz CT molecular complexity index is 1180. The molecule has 1 aliphatic heterocycles.